The van der Waals surface area contributed by atoms with Crippen LogP contribution in [-0.2, 0) is 32.1 Å². The van der Waals surface area contributed by atoms with Crippen LogP contribution in [0.1, 0.15) is 45.9 Å². The number of hydrogen-bond acceptors (Lipinski definition) is 8. The summed E-state index contributed by atoms with van der Waals surface area (Å²) in [6.45, 7) is 4.56. The molecule has 0 saturated carbocycles. The van der Waals surface area contributed by atoms with Crippen LogP contribution in [0.15, 0.2) is 54.7 Å². The third-order valence-corrected chi connectivity index (χ3v) is 7.83. The molecule has 49 heavy (non-hydrogen) atoms. The Bertz CT molecular complexity index is 1520. The number of alkyl halides is 3. The smallest absolute Gasteiger partial charge is 0.418 e. The van der Waals surface area contributed by atoms with Gasteiger partial charge in [0.05, 0.1) is 13.2 Å². The average Bonchev–Trinajstić information content (AvgIpc) is 3.20. The number of benzene rings is 1. The largest absolute Gasteiger partial charge is 0.443 e. The molecule has 0 radical (unpaired) electrons. The molecule has 1 atom stereocenters. The topological polar surface area (TPSA) is 133 Å². The molecule has 1 aromatic heterocycles. The summed E-state index contributed by atoms with van der Waals surface area (Å²) in [4.78, 5) is 76.4. The summed E-state index contributed by atoms with van der Waals surface area (Å²) >= 11 is 0. The summed E-state index contributed by atoms with van der Waals surface area (Å²) in [6, 6.07) is 11.2. The number of amides is 7. The van der Waals surface area contributed by atoms with E-state index in [1.54, 1.807) is 77.1 Å². The van der Waals surface area contributed by atoms with Crippen LogP contribution < -0.4 is 0 Å². The SMILES string of the molecule is CC(C)N(C(=O)OC(C)(C)C)C(=O)N(COCc1ccccc1)CC(=O)N1CCN2C(=O)N(CC(F)(F)F)C(=O)[C@@]2(Cc2ccccn2)C1. The highest BCUT2D eigenvalue weighted by atomic mass is 19.4. The number of urea groups is 2. The highest BCUT2D eigenvalue weighted by Gasteiger charge is 2.61. The Morgan fingerprint density at radius 3 is 2.27 bits per heavy atom. The Balaban J connectivity index is 1.61. The molecule has 2 aliphatic heterocycles. The minimum Gasteiger partial charge on any atom is -0.443 e. The molecule has 2 saturated heterocycles. The van der Waals surface area contributed by atoms with E-state index in [1.165, 1.54) is 11.1 Å². The number of carbonyl (C=O) groups is 5. The van der Waals surface area contributed by atoms with Crippen molar-refractivity contribution in [2.24, 2.45) is 0 Å². The van der Waals surface area contributed by atoms with Gasteiger partial charge in [-0.05, 0) is 52.3 Å². The van der Waals surface area contributed by atoms with Crippen LogP contribution in [0.2, 0.25) is 0 Å². The lowest BCUT2D eigenvalue weighted by molar-refractivity contribution is -0.157. The summed E-state index contributed by atoms with van der Waals surface area (Å²) in [5, 5.41) is 0. The van der Waals surface area contributed by atoms with Crippen LogP contribution >= 0.6 is 0 Å². The third kappa shape index (κ3) is 9.04. The fourth-order valence-electron chi connectivity index (χ4n) is 5.67. The first-order chi connectivity index (χ1) is 22.9. The molecule has 0 unspecified atom stereocenters. The fourth-order valence-corrected chi connectivity index (χ4v) is 5.67. The molecule has 0 aliphatic carbocycles. The van der Waals surface area contributed by atoms with Gasteiger partial charge < -0.3 is 19.3 Å². The van der Waals surface area contributed by atoms with Crippen LogP contribution in [-0.4, -0.2) is 122 Å². The maximum Gasteiger partial charge on any atom is 0.418 e. The Labute approximate surface area is 282 Å². The van der Waals surface area contributed by atoms with Gasteiger partial charge in [0, 0.05) is 37.4 Å². The summed E-state index contributed by atoms with van der Waals surface area (Å²) in [5.74, 6) is -1.79. The molecule has 4 rings (SSSR count). The highest BCUT2D eigenvalue weighted by Crippen LogP contribution is 2.36. The van der Waals surface area contributed by atoms with Gasteiger partial charge in [0.2, 0.25) is 5.91 Å². The van der Waals surface area contributed by atoms with E-state index in [9.17, 15) is 37.1 Å². The number of pyridine rings is 1. The van der Waals surface area contributed by atoms with E-state index in [4.69, 9.17) is 9.47 Å². The molecule has 3 heterocycles. The Hall–Kier alpha value is -4.73. The van der Waals surface area contributed by atoms with Crippen LogP contribution in [0.4, 0.5) is 27.6 Å². The zero-order chi connectivity index (χ0) is 36.1. The lowest BCUT2D eigenvalue weighted by Gasteiger charge is -2.44. The second kappa shape index (κ2) is 14.8. The van der Waals surface area contributed by atoms with Gasteiger partial charge in [-0.1, -0.05) is 36.4 Å². The molecule has 1 aromatic carbocycles. The zero-order valence-corrected chi connectivity index (χ0v) is 28.1. The number of imide groups is 2. The van der Waals surface area contributed by atoms with Gasteiger partial charge in [0.25, 0.3) is 5.91 Å². The van der Waals surface area contributed by atoms with E-state index in [1.807, 2.05) is 6.07 Å². The number of ether oxygens (including phenoxy) is 2. The summed E-state index contributed by atoms with van der Waals surface area (Å²) in [6.07, 6.45) is -4.59. The molecule has 7 amide bonds. The quantitative estimate of drug-likeness (QED) is 0.267. The molecule has 266 valence electrons. The van der Waals surface area contributed by atoms with Gasteiger partial charge in [-0.3, -0.25) is 24.4 Å². The normalized spacial score (nSPS) is 18.1. The van der Waals surface area contributed by atoms with Crippen molar-refractivity contribution in [2.75, 3.05) is 39.5 Å². The molecular weight excluding hydrogens is 649 g/mol. The molecular formula is C33H41F3N6O7. The van der Waals surface area contributed by atoms with E-state index in [0.717, 1.165) is 20.3 Å². The van der Waals surface area contributed by atoms with E-state index in [2.05, 4.69) is 4.98 Å². The molecule has 16 heteroatoms. The predicted octanol–water partition coefficient (Wildman–Crippen LogP) is 4.27. The molecule has 2 aromatic rings. The predicted molar refractivity (Wildman–Crippen MR) is 169 cm³/mol. The van der Waals surface area contributed by atoms with Crippen molar-refractivity contribution in [1.82, 2.24) is 29.5 Å². The second-order valence-corrected chi connectivity index (χ2v) is 13.2. The summed E-state index contributed by atoms with van der Waals surface area (Å²) in [7, 11) is 0. The zero-order valence-electron chi connectivity index (χ0n) is 28.1. The number of fused-ring (bicyclic) bond motifs is 1. The number of hydrogen-bond donors (Lipinski definition) is 0. The maximum absolute atomic E-state index is 13.9. The number of nitrogens with zero attached hydrogens (tertiary/aromatic N) is 6. The number of rotatable bonds is 10. The molecule has 0 spiro atoms. The highest BCUT2D eigenvalue weighted by molar-refractivity contribution is 6.08. The maximum atomic E-state index is 13.9. The van der Waals surface area contributed by atoms with Crippen molar-refractivity contribution in [3.8, 4) is 0 Å². The molecule has 0 N–H and O–H groups in total. The standard InChI is InChI=1S/C33H41F3N6O7/c1-23(2)42(30(47)49-31(3,4)5)28(45)39(22-48-19-24-11-7-6-8-12-24)18-26(43)38-15-16-41-29(46)40(21-33(34,35)36)27(44)32(41,20-38)17-25-13-9-10-14-37-25/h6-14,23H,15-22H2,1-5H3/t32-/m1/s1. The van der Waals surface area contributed by atoms with Gasteiger partial charge in [-0.15, -0.1) is 0 Å². The van der Waals surface area contributed by atoms with Crippen molar-refractivity contribution >= 4 is 30.0 Å². The first-order valence-electron chi connectivity index (χ1n) is 15.7. The van der Waals surface area contributed by atoms with E-state index in [0.29, 0.717) is 5.69 Å². The summed E-state index contributed by atoms with van der Waals surface area (Å²) < 4.78 is 51.6. The fraction of sp³-hybridized carbons (Fsp3) is 0.515. The minimum absolute atomic E-state index is 0.0739. The molecule has 2 fully saturated rings. The Morgan fingerprint density at radius 2 is 1.67 bits per heavy atom. The number of aromatic nitrogens is 1. The lowest BCUT2D eigenvalue weighted by atomic mass is 9.88. The first-order valence-corrected chi connectivity index (χ1v) is 15.7. The third-order valence-electron chi connectivity index (χ3n) is 7.83. The second-order valence-electron chi connectivity index (χ2n) is 13.2. The Morgan fingerprint density at radius 1 is 1.00 bits per heavy atom. The lowest BCUT2D eigenvalue weighted by Crippen LogP contribution is -2.66. The van der Waals surface area contributed by atoms with Crippen molar-refractivity contribution in [2.45, 2.75) is 71.0 Å². The van der Waals surface area contributed by atoms with Gasteiger partial charge in [0.1, 0.15) is 31.0 Å². The van der Waals surface area contributed by atoms with Gasteiger partial charge in [0.15, 0.2) is 0 Å². The van der Waals surface area contributed by atoms with Crippen molar-refractivity contribution in [3.63, 3.8) is 0 Å². The van der Waals surface area contributed by atoms with Crippen molar-refractivity contribution < 1.29 is 46.6 Å². The molecule has 2 aliphatic rings. The monoisotopic (exact) mass is 690 g/mol. The first kappa shape index (κ1) is 37.1. The van der Waals surface area contributed by atoms with Crippen LogP contribution in [0, 0.1) is 0 Å². The molecule has 0 bridgehead atoms. The Kier molecular flexibility index (Phi) is 11.2. The van der Waals surface area contributed by atoms with Crippen molar-refractivity contribution in [1.29, 1.82) is 0 Å². The van der Waals surface area contributed by atoms with Crippen LogP contribution in [0.25, 0.3) is 0 Å². The van der Waals surface area contributed by atoms with E-state index < -0.39 is 79.7 Å². The van der Waals surface area contributed by atoms with Crippen molar-refractivity contribution in [3.05, 3.63) is 66.0 Å². The van der Waals surface area contributed by atoms with Gasteiger partial charge in [-0.25, -0.2) is 19.3 Å². The molecule has 13 nitrogen and oxygen atoms in total. The number of halogens is 3. The number of carbonyl (C=O) groups excluding carboxylic acids is 5. The van der Waals surface area contributed by atoms with E-state index in [-0.39, 0.29) is 31.0 Å². The van der Waals surface area contributed by atoms with Crippen LogP contribution in [0.5, 0.6) is 0 Å². The van der Waals surface area contributed by atoms with Gasteiger partial charge >= 0.3 is 24.3 Å². The number of piperazine rings is 1. The summed E-state index contributed by atoms with van der Waals surface area (Å²) in [5.41, 5.74) is -1.69. The van der Waals surface area contributed by atoms with Crippen LogP contribution in [0.3, 0.4) is 0 Å². The van der Waals surface area contributed by atoms with E-state index >= 15 is 0 Å². The average molecular weight is 691 g/mol. The minimum atomic E-state index is -4.85. The van der Waals surface area contributed by atoms with Gasteiger partial charge in [-0.2, -0.15) is 13.2 Å².